The summed E-state index contributed by atoms with van der Waals surface area (Å²) in [5, 5.41) is 0. The molecule has 68 valence electrons. The minimum absolute atomic E-state index is 0.138. The Morgan fingerprint density at radius 3 is 2.31 bits per heavy atom. The fraction of sp³-hybridized carbons (Fsp3) is 0.417. The normalized spacial score (nSPS) is 25.4. The molecule has 1 fully saturated rings. The number of carbonyl (C=O) groups is 1. The Kier molecular flexibility index (Phi) is 1.76. The van der Waals surface area contributed by atoms with Crippen molar-refractivity contribution in [1.82, 2.24) is 0 Å². The number of hydrogen-bond acceptors (Lipinski definition) is 1. The molecule has 0 saturated heterocycles. The van der Waals surface area contributed by atoms with Crippen molar-refractivity contribution in [3.05, 3.63) is 35.9 Å². The summed E-state index contributed by atoms with van der Waals surface area (Å²) in [6, 6.07) is 10.3. The van der Waals surface area contributed by atoms with Crippen LogP contribution in [-0.4, -0.2) is 5.78 Å². The van der Waals surface area contributed by atoms with Gasteiger partial charge in [0.1, 0.15) is 5.78 Å². The molecule has 0 aromatic heterocycles. The summed E-state index contributed by atoms with van der Waals surface area (Å²) < 4.78 is 0. The molecule has 1 aliphatic carbocycles. The van der Waals surface area contributed by atoms with Crippen LogP contribution in [0.25, 0.3) is 0 Å². The van der Waals surface area contributed by atoms with Crippen LogP contribution in [0.2, 0.25) is 0 Å². The lowest BCUT2D eigenvalue weighted by Crippen LogP contribution is -2.43. The van der Waals surface area contributed by atoms with Gasteiger partial charge in [-0.05, 0) is 5.56 Å². The van der Waals surface area contributed by atoms with Crippen LogP contribution in [0.1, 0.15) is 31.7 Å². The molecule has 0 radical (unpaired) electrons. The van der Waals surface area contributed by atoms with Crippen LogP contribution in [0.4, 0.5) is 0 Å². The third kappa shape index (κ3) is 1.19. The van der Waals surface area contributed by atoms with Crippen LogP contribution in [0.5, 0.6) is 0 Å². The van der Waals surface area contributed by atoms with Crippen LogP contribution in [-0.2, 0) is 4.79 Å². The SMILES string of the molecule is CC1(C)C(=O)C[C@@H]1c1ccccc1. The maximum Gasteiger partial charge on any atom is 0.139 e. The molecular formula is C12H14O. The van der Waals surface area contributed by atoms with Gasteiger partial charge >= 0.3 is 0 Å². The third-order valence-electron chi connectivity index (χ3n) is 3.18. The minimum Gasteiger partial charge on any atom is -0.299 e. The third-order valence-corrected chi connectivity index (χ3v) is 3.18. The van der Waals surface area contributed by atoms with E-state index in [1.807, 2.05) is 32.0 Å². The molecule has 0 aliphatic heterocycles. The Morgan fingerprint density at radius 2 is 1.85 bits per heavy atom. The summed E-state index contributed by atoms with van der Waals surface area (Å²) in [6.45, 7) is 4.08. The summed E-state index contributed by atoms with van der Waals surface area (Å²) in [7, 11) is 0. The van der Waals surface area contributed by atoms with E-state index < -0.39 is 0 Å². The van der Waals surface area contributed by atoms with Crippen molar-refractivity contribution in [2.45, 2.75) is 26.2 Å². The lowest BCUT2D eigenvalue weighted by atomic mass is 9.59. The number of hydrogen-bond donors (Lipinski definition) is 0. The molecule has 1 atom stereocenters. The topological polar surface area (TPSA) is 17.1 Å². The molecular weight excluding hydrogens is 160 g/mol. The largest absolute Gasteiger partial charge is 0.299 e. The van der Waals surface area contributed by atoms with E-state index in [0.29, 0.717) is 11.7 Å². The maximum atomic E-state index is 11.3. The van der Waals surface area contributed by atoms with Gasteiger partial charge in [-0.15, -0.1) is 0 Å². The van der Waals surface area contributed by atoms with E-state index in [1.54, 1.807) is 0 Å². The Hall–Kier alpha value is -1.11. The van der Waals surface area contributed by atoms with Gasteiger partial charge in [-0.3, -0.25) is 4.79 Å². The summed E-state index contributed by atoms with van der Waals surface area (Å²) in [5.74, 6) is 0.822. The first-order valence-electron chi connectivity index (χ1n) is 4.70. The molecule has 0 spiro atoms. The number of carbonyl (C=O) groups excluding carboxylic acids is 1. The smallest absolute Gasteiger partial charge is 0.139 e. The van der Waals surface area contributed by atoms with Gasteiger partial charge in [0.25, 0.3) is 0 Å². The second-order valence-electron chi connectivity index (χ2n) is 4.31. The first-order valence-corrected chi connectivity index (χ1v) is 4.70. The highest BCUT2D eigenvalue weighted by atomic mass is 16.1. The average Bonchev–Trinajstić information content (AvgIpc) is 2.15. The van der Waals surface area contributed by atoms with E-state index >= 15 is 0 Å². The van der Waals surface area contributed by atoms with Gasteiger partial charge in [0.15, 0.2) is 0 Å². The molecule has 0 amide bonds. The van der Waals surface area contributed by atoms with Gasteiger partial charge in [0.2, 0.25) is 0 Å². The lowest BCUT2D eigenvalue weighted by Gasteiger charge is -2.42. The highest BCUT2D eigenvalue weighted by Gasteiger charge is 2.47. The van der Waals surface area contributed by atoms with E-state index in [9.17, 15) is 4.79 Å². The molecule has 1 aromatic rings. The van der Waals surface area contributed by atoms with Crippen LogP contribution < -0.4 is 0 Å². The van der Waals surface area contributed by atoms with Gasteiger partial charge in [-0.1, -0.05) is 44.2 Å². The van der Waals surface area contributed by atoms with E-state index in [4.69, 9.17) is 0 Å². The number of Topliss-reactive ketones (excluding diaryl/α,β-unsaturated/α-hetero) is 1. The van der Waals surface area contributed by atoms with Crippen molar-refractivity contribution >= 4 is 5.78 Å². The van der Waals surface area contributed by atoms with Crippen LogP contribution in [0.15, 0.2) is 30.3 Å². The quantitative estimate of drug-likeness (QED) is 0.639. The van der Waals surface area contributed by atoms with Gasteiger partial charge in [-0.25, -0.2) is 0 Å². The highest BCUT2D eigenvalue weighted by Crippen LogP contribution is 2.49. The van der Waals surface area contributed by atoms with Gasteiger partial charge in [0.05, 0.1) is 0 Å². The van der Waals surface area contributed by atoms with Crippen molar-refractivity contribution < 1.29 is 4.79 Å². The Bertz CT molecular complexity index is 324. The summed E-state index contributed by atoms with van der Waals surface area (Å²) in [5.41, 5.74) is 1.16. The molecule has 1 aliphatic rings. The molecule has 1 saturated carbocycles. The number of ketones is 1. The van der Waals surface area contributed by atoms with Gasteiger partial charge < -0.3 is 0 Å². The maximum absolute atomic E-state index is 11.3. The van der Waals surface area contributed by atoms with Crippen molar-refractivity contribution in [3.8, 4) is 0 Å². The van der Waals surface area contributed by atoms with Crippen LogP contribution >= 0.6 is 0 Å². The van der Waals surface area contributed by atoms with Gasteiger partial charge in [-0.2, -0.15) is 0 Å². The Morgan fingerprint density at radius 1 is 1.23 bits per heavy atom. The van der Waals surface area contributed by atoms with Crippen molar-refractivity contribution in [2.75, 3.05) is 0 Å². The molecule has 0 N–H and O–H groups in total. The highest BCUT2D eigenvalue weighted by molar-refractivity contribution is 5.92. The molecule has 0 heterocycles. The first-order chi connectivity index (χ1) is 6.12. The second-order valence-corrected chi connectivity index (χ2v) is 4.31. The standard InChI is InChI=1S/C12H14O/c1-12(2)10(8-11(12)13)9-6-4-3-5-7-9/h3-7,10H,8H2,1-2H3/t10-/m1/s1. The van der Waals surface area contributed by atoms with E-state index in [-0.39, 0.29) is 5.41 Å². The average molecular weight is 174 g/mol. The van der Waals surface area contributed by atoms with E-state index in [0.717, 1.165) is 6.42 Å². The zero-order valence-electron chi connectivity index (χ0n) is 8.08. The molecule has 0 unspecified atom stereocenters. The molecule has 1 aromatic carbocycles. The number of benzene rings is 1. The van der Waals surface area contributed by atoms with E-state index in [2.05, 4.69) is 12.1 Å². The Balaban J connectivity index is 2.27. The first kappa shape index (κ1) is 8.49. The minimum atomic E-state index is -0.138. The Labute approximate surface area is 78.8 Å². The summed E-state index contributed by atoms with van der Waals surface area (Å²) in [6.07, 6.45) is 0.719. The predicted molar refractivity (Wildman–Crippen MR) is 52.6 cm³/mol. The lowest BCUT2D eigenvalue weighted by molar-refractivity contribution is -0.137. The summed E-state index contributed by atoms with van der Waals surface area (Å²) in [4.78, 5) is 11.3. The summed E-state index contributed by atoms with van der Waals surface area (Å²) >= 11 is 0. The van der Waals surface area contributed by atoms with Crippen molar-refractivity contribution in [1.29, 1.82) is 0 Å². The van der Waals surface area contributed by atoms with E-state index in [1.165, 1.54) is 5.56 Å². The molecule has 13 heavy (non-hydrogen) atoms. The molecule has 1 nitrogen and oxygen atoms in total. The van der Waals surface area contributed by atoms with Crippen molar-refractivity contribution in [3.63, 3.8) is 0 Å². The number of rotatable bonds is 1. The zero-order chi connectivity index (χ0) is 9.47. The van der Waals surface area contributed by atoms with Crippen LogP contribution in [0.3, 0.4) is 0 Å². The molecule has 1 heteroatoms. The molecule has 2 rings (SSSR count). The van der Waals surface area contributed by atoms with Crippen LogP contribution in [0, 0.1) is 5.41 Å². The fourth-order valence-corrected chi connectivity index (χ4v) is 1.99. The monoisotopic (exact) mass is 174 g/mol. The van der Waals surface area contributed by atoms with Gasteiger partial charge in [0, 0.05) is 17.8 Å². The van der Waals surface area contributed by atoms with Crippen molar-refractivity contribution in [2.24, 2.45) is 5.41 Å². The predicted octanol–water partition coefficient (Wildman–Crippen LogP) is 2.77. The molecule has 0 bridgehead atoms. The fourth-order valence-electron chi connectivity index (χ4n) is 1.99. The second kappa shape index (κ2) is 2.69. The zero-order valence-corrected chi connectivity index (χ0v) is 8.08.